The molecule has 0 fully saturated rings. The molecule has 17 heavy (non-hydrogen) atoms. The summed E-state index contributed by atoms with van der Waals surface area (Å²) >= 11 is 0. The minimum atomic E-state index is -0.250. The number of hydrogen-bond donors (Lipinski definition) is 1. The van der Waals surface area contributed by atoms with E-state index in [0.717, 1.165) is 19.5 Å². The Balaban J connectivity index is 2.55. The number of hydrogen-bond acceptors (Lipinski definition) is 2. The summed E-state index contributed by atoms with van der Waals surface area (Å²) in [5, 5.41) is 10.1. The van der Waals surface area contributed by atoms with Crippen molar-refractivity contribution in [3.8, 4) is 0 Å². The summed E-state index contributed by atoms with van der Waals surface area (Å²) in [6, 6.07) is 10.4. The van der Waals surface area contributed by atoms with Gasteiger partial charge in [0, 0.05) is 18.8 Å². The van der Waals surface area contributed by atoms with Crippen LogP contribution in [0.3, 0.4) is 0 Å². The van der Waals surface area contributed by atoms with E-state index in [1.54, 1.807) is 0 Å². The third-order valence-electron chi connectivity index (χ3n) is 3.18. The standard InChI is InChI=1S/C15H25NO/c1-5-16(13-9-7-6-8-10-13)12-11-14(17)15(2,3)4/h6-10,14,17H,5,11-12H2,1-4H3. The summed E-state index contributed by atoms with van der Waals surface area (Å²) in [5.74, 6) is 0. The van der Waals surface area contributed by atoms with Crippen LogP contribution >= 0.6 is 0 Å². The van der Waals surface area contributed by atoms with Gasteiger partial charge in [0.1, 0.15) is 0 Å². The van der Waals surface area contributed by atoms with E-state index in [4.69, 9.17) is 0 Å². The maximum absolute atomic E-state index is 10.1. The van der Waals surface area contributed by atoms with Crippen LogP contribution in [-0.4, -0.2) is 24.3 Å². The fourth-order valence-electron chi connectivity index (χ4n) is 1.82. The Bertz CT molecular complexity index is 315. The van der Waals surface area contributed by atoms with Crippen LogP contribution in [0.25, 0.3) is 0 Å². The number of rotatable bonds is 5. The molecule has 1 aromatic rings. The van der Waals surface area contributed by atoms with Gasteiger partial charge in [0.2, 0.25) is 0 Å². The fraction of sp³-hybridized carbons (Fsp3) is 0.600. The summed E-state index contributed by atoms with van der Waals surface area (Å²) in [6.45, 7) is 10.3. The van der Waals surface area contributed by atoms with Gasteiger partial charge in [-0.25, -0.2) is 0 Å². The second-order valence-electron chi connectivity index (χ2n) is 5.59. The third kappa shape index (κ3) is 4.39. The first kappa shape index (κ1) is 14.0. The highest BCUT2D eigenvalue weighted by Crippen LogP contribution is 2.22. The predicted molar refractivity (Wildman–Crippen MR) is 74.4 cm³/mol. The number of benzene rings is 1. The lowest BCUT2D eigenvalue weighted by molar-refractivity contribution is 0.0574. The maximum atomic E-state index is 10.1. The molecule has 1 unspecified atom stereocenters. The second-order valence-corrected chi connectivity index (χ2v) is 5.59. The molecule has 2 nitrogen and oxygen atoms in total. The molecule has 0 saturated carbocycles. The van der Waals surface area contributed by atoms with Gasteiger partial charge in [-0.05, 0) is 30.9 Å². The zero-order valence-electron chi connectivity index (χ0n) is 11.5. The van der Waals surface area contributed by atoms with Gasteiger partial charge in [-0.1, -0.05) is 39.0 Å². The molecule has 0 aliphatic heterocycles. The van der Waals surface area contributed by atoms with Gasteiger partial charge >= 0.3 is 0 Å². The Kier molecular flexibility index (Phi) is 5.01. The van der Waals surface area contributed by atoms with Gasteiger partial charge in [0.05, 0.1) is 6.10 Å². The topological polar surface area (TPSA) is 23.5 Å². The Morgan fingerprint density at radius 2 is 1.76 bits per heavy atom. The highest BCUT2D eigenvalue weighted by molar-refractivity contribution is 5.45. The number of para-hydroxylation sites is 1. The molecule has 1 aromatic carbocycles. The lowest BCUT2D eigenvalue weighted by atomic mass is 9.87. The van der Waals surface area contributed by atoms with Gasteiger partial charge in [-0.2, -0.15) is 0 Å². The van der Waals surface area contributed by atoms with E-state index < -0.39 is 0 Å². The lowest BCUT2D eigenvalue weighted by Crippen LogP contribution is -2.32. The molecule has 0 aliphatic rings. The molecule has 0 aliphatic carbocycles. The second kappa shape index (κ2) is 6.06. The summed E-state index contributed by atoms with van der Waals surface area (Å²) < 4.78 is 0. The summed E-state index contributed by atoms with van der Waals surface area (Å²) in [6.07, 6.45) is 0.562. The molecule has 0 amide bonds. The fourth-order valence-corrected chi connectivity index (χ4v) is 1.82. The molecule has 0 spiro atoms. The highest BCUT2D eigenvalue weighted by atomic mass is 16.3. The SMILES string of the molecule is CCN(CCC(O)C(C)(C)C)c1ccccc1. The molecule has 0 bridgehead atoms. The molecule has 0 radical (unpaired) electrons. The van der Waals surface area contributed by atoms with Gasteiger partial charge in [-0.3, -0.25) is 0 Å². The molecule has 1 N–H and O–H groups in total. The Hall–Kier alpha value is -1.02. The first-order valence-electron chi connectivity index (χ1n) is 6.43. The summed E-state index contributed by atoms with van der Waals surface area (Å²) in [7, 11) is 0. The van der Waals surface area contributed by atoms with Crippen LogP contribution in [0.15, 0.2) is 30.3 Å². The van der Waals surface area contributed by atoms with Crippen molar-refractivity contribution in [2.45, 2.75) is 40.2 Å². The van der Waals surface area contributed by atoms with Crippen molar-refractivity contribution >= 4 is 5.69 Å². The maximum Gasteiger partial charge on any atom is 0.0605 e. The van der Waals surface area contributed by atoms with E-state index in [1.165, 1.54) is 5.69 Å². The quantitative estimate of drug-likeness (QED) is 0.846. The number of aliphatic hydroxyl groups excluding tert-OH is 1. The van der Waals surface area contributed by atoms with E-state index in [-0.39, 0.29) is 11.5 Å². The molecule has 1 rings (SSSR count). The molecule has 96 valence electrons. The number of anilines is 1. The predicted octanol–water partition coefficient (Wildman–Crippen LogP) is 3.31. The van der Waals surface area contributed by atoms with Crippen LogP contribution in [0, 0.1) is 5.41 Å². The van der Waals surface area contributed by atoms with Crippen molar-refractivity contribution in [2.24, 2.45) is 5.41 Å². The molecular formula is C15H25NO. The van der Waals surface area contributed by atoms with Gasteiger partial charge in [0.25, 0.3) is 0 Å². The van der Waals surface area contributed by atoms with E-state index in [1.807, 2.05) is 6.07 Å². The minimum absolute atomic E-state index is 0.0316. The van der Waals surface area contributed by atoms with Crippen molar-refractivity contribution in [3.63, 3.8) is 0 Å². The average Bonchev–Trinajstić information content (AvgIpc) is 2.29. The average molecular weight is 235 g/mol. The Labute approximate surface area is 105 Å². The van der Waals surface area contributed by atoms with E-state index >= 15 is 0 Å². The molecule has 0 aromatic heterocycles. The van der Waals surface area contributed by atoms with Crippen LogP contribution in [-0.2, 0) is 0 Å². The van der Waals surface area contributed by atoms with Crippen LogP contribution in [0.2, 0.25) is 0 Å². The first-order chi connectivity index (χ1) is 7.95. The smallest absolute Gasteiger partial charge is 0.0605 e. The zero-order chi connectivity index (χ0) is 12.9. The molecule has 0 saturated heterocycles. The van der Waals surface area contributed by atoms with Crippen LogP contribution < -0.4 is 4.90 Å². The minimum Gasteiger partial charge on any atom is -0.393 e. The summed E-state index contributed by atoms with van der Waals surface area (Å²) in [4.78, 5) is 2.30. The van der Waals surface area contributed by atoms with Crippen molar-refractivity contribution in [1.29, 1.82) is 0 Å². The van der Waals surface area contributed by atoms with Gasteiger partial charge in [0.15, 0.2) is 0 Å². The third-order valence-corrected chi connectivity index (χ3v) is 3.18. The van der Waals surface area contributed by atoms with Crippen LogP contribution in [0.1, 0.15) is 34.1 Å². The zero-order valence-corrected chi connectivity index (χ0v) is 11.5. The number of nitrogens with zero attached hydrogens (tertiary/aromatic N) is 1. The van der Waals surface area contributed by atoms with E-state index in [9.17, 15) is 5.11 Å². The van der Waals surface area contributed by atoms with Crippen molar-refractivity contribution < 1.29 is 5.11 Å². The lowest BCUT2D eigenvalue weighted by Gasteiger charge is -2.29. The number of aliphatic hydroxyl groups is 1. The van der Waals surface area contributed by atoms with Gasteiger partial charge in [-0.15, -0.1) is 0 Å². The van der Waals surface area contributed by atoms with Crippen molar-refractivity contribution in [3.05, 3.63) is 30.3 Å². The van der Waals surface area contributed by atoms with Crippen molar-refractivity contribution in [1.82, 2.24) is 0 Å². The Morgan fingerprint density at radius 1 is 1.18 bits per heavy atom. The first-order valence-corrected chi connectivity index (χ1v) is 6.43. The summed E-state index contributed by atoms with van der Waals surface area (Å²) in [5.41, 5.74) is 1.20. The highest BCUT2D eigenvalue weighted by Gasteiger charge is 2.22. The van der Waals surface area contributed by atoms with E-state index in [0.29, 0.717) is 0 Å². The molecule has 1 atom stereocenters. The van der Waals surface area contributed by atoms with E-state index in [2.05, 4.69) is 56.9 Å². The molecule has 0 heterocycles. The monoisotopic (exact) mass is 235 g/mol. The van der Waals surface area contributed by atoms with Crippen molar-refractivity contribution in [2.75, 3.05) is 18.0 Å². The van der Waals surface area contributed by atoms with Crippen LogP contribution in [0.5, 0.6) is 0 Å². The largest absolute Gasteiger partial charge is 0.393 e. The normalized spacial score (nSPS) is 13.5. The molecular weight excluding hydrogens is 210 g/mol. The van der Waals surface area contributed by atoms with Gasteiger partial charge < -0.3 is 10.0 Å². The molecule has 2 heteroatoms. The van der Waals surface area contributed by atoms with Crippen LogP contribution in [0.4, 0.5) is 5.69 Å². The Morgan fingerprint density at radius 3 is 2.24 bits per heavy atom.